The van der Waals surface area contributed by atoms with E-state index in [-0.39, 0.29) is 5.84 Å². The fourth-order valence-electron chi connectivity index (χ4n) is 1.63. The van der Waals surface area contributed by atoms with E-state index in [1.54, 1.807) is 12.3 Å². The van der Waals surface area contributed by atoms with Crippen molar-refractivity contribution in [3.63, 3.8) is 0 Å². The van der Waals surface area contributed by atoms with Gasteiger partial charge in [-0.2, -0.15) is 0 Å². The van der Waals surface area contributed by atoms with E-state index in [1.807, 2.05) is 6.07 Å². The van der Waals surface area contributed by atoms with Gasteiger partial charge in [0.25, 0.3) is 0 Å². The first-order chi connectivity index (χ1) is 7.66. The second-order valence-electron chi connectivity index (χ2n) is 3.65. The van der Waals surface area contributed by atoms with Gasteiger partial charge in [-0.25, -0.2) is 0 Å². The third-order valence-corrected chi connectivity index (χ3v) is 3.84. The van der Waals surface area contributed by atoms with Crippen LogP contribution < -0.4 is 10.6 Å². The zero-order chi connectivity index (χ0) is 11.5. The van der Waals surface area contributed by atoms with Gasteiger partial charge in [0.15, 0.2) is 0 Å². The quantitative estimate of drug-likeness (QED) is 0.558. The Labute approximate surface area is 96.6 Å². The number of hydrogen-bond acceptors (Lipinski definition) is 4. The predicted octanol–water partition coefficient (Wildman–Crippen LogP) is -0.0656. The van der Waals surface area contributed by atoms with Crippen molar-refractivity contribution in [2.45, 2.75) is 0 Å². The lowest BCUT2D eigenvalue weighted by Crippen LogP contribution is -2.37. The number of pyridine rings is 1. The molecule has 3 N–H and O–H groups in total. The fraction of sp³-hybridized carbons (Fsp3) is 0.400. The zero-order valence-electron chi connectivity index (χ0n) is 8.85. The highest BCUT2D eigenvalue weighted by Crippen LogP contribution is 2.15. The lowest BCUT2D eigenvalue weighted by atomic mass is 10.3. The van der Waals surface area contributed by atoms with Gasteiger partial charge in [0.2, 0.25) is 0 Å². The molecule has 1 aliphatic heterocycles. The molecule has 1 fully saturated rings. The second kappa shape index (κ2) is 4.61. The van der Waals surface area contributed by atoms with Gasteiger partial charge in [-0.05, 0) is 12.1 Å². The molecule has 5 nitrogen and oxygen atoms in total. The normalized spacial score (nSPS) is 17.4. The Kier molecular flexibility index (Phi) is 3.19. The number of nitrogen functional groups attached to an aromatic ring is 1. The van der Waals surface area contributed by atoms with E-state index >= 15 is 0 Å². The molecule has 1 aliphatic rings. The highest BCUT2D eigenvalue weighted by atomic mass is 32.2. The first-order valence-electron chi connectivity index (χ1n) is 5.07. The molecule has 16 heavy (non-hydrogen) atoms. The van der Waals surface area contributed by atoms with Crippen molar-refractivity contribution in [1.29, 1.82) is 5.41 Å². The number of hydrogen-bond donors (Lipinski definition) is 2. The van der Waals surface area contributed by atoms with E-state index in [0.29, 0.717) is 17.2 Å². The van der Waals surface area contributed by atoms with E-state index in [2.05, 4.69) is 9.88 Å². The molecular formula is C10H14N4OS. The molecule has 1 aromatic heterocycles. The molecule has 0 aliphatic carbocycles. The number of amidine groups is 1. The molecule has 6 heteroatoms. The summed E-state index contributed by atoms with van der Waals surface area (Å²) in [7, 11) is -0.663. The highest BCUT2D eigenvalue weighted by molar-refractivity contribution is 7.85. The summed E-state index contributed by atoms with van der Waals surface area (Å²) in [5.41, 5.74) is 6.82. The van der Waals surface area contributed by atoms with Crippen molar-refractivity contribution in [3.05, 3.63) is 24.0 Å². The van der Waals surface area contributed by atoms with E-state index < -0.39 is 10.8 Å². The second-order valence-corrected chi connectivity index (χ2v) is 5.35. The van der Waals surface area contributed by atoms with Gasteiger partial charge in [0.05, 0.1) is 11.9 Å². The Morgan fingerprint density at radius 1 is 1.44 bits per heavy atom. The largest absolute Gasteiger partial charge is 0.382 e. The average Bonchev–Trinajstić information content (AvgIpc) is 2.30. The van der Waals surface area contributed by atoms with E-state index in [1.165, 1.54) is 0 Å². The predicted molar refractivity (Wildman–Crippen MR) is 65.3 cm³/mol. The summed E-state index contributed by atoms with van der Waals surface area (Å²) in [5.74, 6) is 1.41. The third kappa shape index (κ3) is 2.38. The van der Waals surface area contributed by atoms with E-state index in [4.69, 9.17) is 11.1 Å². The lowest BCUT2D eigenvalue weighted by Gasteiger charge is -2.28. The summed E-state index contributed by atoms with van der Waals surface area (Å²) in [6, 6.07) is 3.64. The Bertz CT molecular complexity index is 407. The van der Waals surface area contributed by atoms with E-state index in [9.17, 15) is 4.21 Å². The summed E-state index contributed by atoms with van der Waals surface area (Å²) >= 11 is 0. The standard InChI is InChI=1S/C10H14N4OS/c11-10(12)9-2-1-8(7-13-9)14-3-5-16(15)6-4-14/h1-2,7H,3-6H2,(H3,11,12). The first-order valence-corrected chi connectivity index (χ1v) is 6.56. The Balaban J connectivity index is 2.10. The molecular weight excluding hydrogens is 224 g/mol. The summed E-state index contributed by atoms with van der Waals surface area (Å²) in [5, 5.41) is 7.24. The van der Waals surface area contributed by atoms with Crippen molar-refractivity contribution in [1.82, 2.24) is 4.98 Å². The zero-order valence-corrected chi connectivity index (χ0v) is 9.67. The van der Waals surface area contributed by atoms with Gasteiger partial charge in [-0.3, -0.25) is 14.6 Å². The highest BCUT2D eigenvalue weighted by Gasteiger charge is 2.15. The number of rotatable bonds is 2. The lowest BCUT2D eigenvalue weighted by molar-refractivity contribution is 0.673. The minimum Gasteiger partial charge on any atom is -0.382 e. The van der Waals surface area contributed by atoms with Crippen molar-refractivity contribution in [2.24, 2.45) is 5.73 Å². The van der Waals surface area contributed by atoms with Crippen LogP contribution >= 0.6 is 0 Å². The molecule has 1 aromatic rings. The molecule has 0 spiro atoms. The number of nitrogens with zero attached hydrogens (tertiary/aromatic N) is 2. The van der Waals surface area contributed by atoms with Crippen molar-refractivity contribution in [2.75, 3.05) is 29.5 Å². The molecule has 0 bridgehead atoms. The Hall–Kier alpha value is -1.43. The Morgan fingerprint density at radius 3 is 2.62 bits per heavy atom. The third-order valence-electron chi connectivity index (χ3n) is 2.57. The van der Waals surface area contributed by atoms with Crippen LogP contribution in [-0.2, 0) is 10.8 Å². The van der Waals surface area contributed by atoms with Gasteiger partial charge in [0.1, 0.15) is 11.5 Å². The van der Waals surface area contributed by atoms with Crippen LogP contribution in [0.25, 0.3) is 0 Å². The summed E-state index contributed by atoms with van der Waals surface area (Å²) in [6.45, 7) is 1.60. The van der Waals surface area contributed by atoms with Crippen LogP contribution in [0.15, 0.2) is 18.3 Å². The van der Waals surface area contributed by atoms with Gasteiger partial charge in [-0.1, -0.05) is 0 Å². The summed E-state index contributed by atoms with van der Waals surface area (Å²) < 4.78 is 11.2. The molecule has 0 amide bonds. The number of anilines is 1. The SMILES string of the molecule is N=C(N)c1ccc(N2CCS(=O)CC2)cn1. The van der Waals surface area contributed by atoms with Crippen LogP contribution in [0.4, 0.5) is 5.69 Å². The summed E-state index contributed by atoms with van der Waals surface area (Å²) in [4.78, 5) is 6.26. The van der Waals surface area contributed by atoms with Gasteiger partial charge < -0.3 is 10.6 Å². The molecule has 86 valence electrons. The van der Waals surface area contributed by atoms with Crippen molar-refractivity contribution < 1.29 is 4.21 Å². The molecule has 0 radical (unpaired) electrons. The maximum Gasteiger partial charge on any atom is 0.141 e. The first kappa shape index (κ1) is 11.1. The van der Waals surface area contributed by atoms with Crippen molar-refractivity contribution in [3.8, 4) is 0 Å². The molecule has 0 aromatic carbocycles. The molecule has 0 saturated carbocycles. The molecule has 2 rings (SSSR count). The van der Waals surface area contributed by atoms with Crippen LogP contribution in [-0.4, -0.2) is 39.6 Å². The maximum atomic E-state index is 11.2. The molecule has 1 saturated heterocycles. The fourth-order valence-corrected chi connectivity index (χ4v) is 2.68. The summed E-state index contributed by atoms with van der Waals surface area (Å²) in [6.07, 6.45) is 1.71. The molecule has 2 heterocycles. The van der Waals surface area contributed by atoms with Crippen LogP contribution in [0.2, 0.25) is 0 Å². The number of nitrogens with one attached hydrogen (secondary N) is 1. The van der Waals surface area contributed by atoms with Gasteiger partial charge >= 0.3 is 0 Å². The minimum atomic E-state index is -0.663. The Morgan fingerprint density at radius 2 is 2.12 bits per heavy atom. The van der Waals surface area contributed by atoms with Gasteiger partial charge in [-0.15, -0.1) is 0 Å². The van der Waals surface area contributed by atoms with E-state index in [0.717, 1.165) is 18.8 Å². The molecule has 0 unspecified atom stereocenters. The number of aromatic nitrogens is 1. The van der Waals surface area contributed by atoms with Crippen LogP contribution in [0.1, 0.15) is 5.69 Å². The monoisotopic (exact) mass is 238 g/mol. The maximum absolute atomic E-state index is 11.2. The molecule has 0 atom stereocenters. The van der Waals surface area contributed by atoms with Gasteiger partial charge in [0, 0.05) is 35.4 Å². The number of nitrogens with two attached hydrogens (primary N) is 1. The smallest absolute Gasteiger partial charge is 0.141 e. The average molecular weight is 238 g/mol. The van der Waals surface area contributed by atoms with Crippen LogP contribution in [0.3, 0.4) is 0 Å². The minimum absolute atomic E-state index is 0.0219. The van der Waals surface area contributed by atoms with Crippen molar-refractivity contribution >= 4 is 22.3 Å². The van der Waals surface area contributed by atoms with Crippen LogP contribution in [0.5, 0.6) is 0 Å². The topological polar surface area (TPSA) is 83.1 Å². The van der Waals surface area contributed by atoms with Crippen LogP contribution in [0, 0.1) is 5.41 Å².